The normalized spacial score (nSPS) is 42.3. The summed E-state index contributed by atoms with van der Waals surface area (Å²) in [6.07, 6.45) is 9.35. The van der Waals surface area contributed by atoms with E-state index in [4.69, 9.17) is 9.47 Å². The molecule has 0 heterocycles. The van der Waals surface area contributed by atoms with Gasteiger partial charge >= 0.3 is 0 Å². The Morgan fingerprint density at radius 2 is 1.22 bits per heavy atom. The summed E-state index contributed by atoms with van der Waals surface area (Å²) in [6.45, 7) is 2.53. The quantitative estimate of drug-likeness (QED) is 0.414. The molecule has 0 N–H and O–H groups in total. The van der Waals surface area contributed by atoms with Gasteiger partial charge in [-0.2, -0.15) is 0 Å². The highest BCUT2D eigenvalue weighted by Gasteiger charge is 2.70. The molecule has 2 nitrogen and oxygen atoms in total. The van der Waals surface area contributed by atoms with Crippen molar-refractivity contribution < 1.29 is 9.47 Å². The van der Waals surface area contributed by atoms with Crippen molar-refractivity contribution in [1.82, 2.24) is 0 Å². The Kier molecular flexibility index (Phi) is 3.32. The fourth-order valence-electron chi connectivity index (χ4n) is 10.3. The van der Waals surface area contributed by atoms with E-state index in [0.717, 1.165) is 64.8 Å². The van der Waals surface area contributed by atoms with E-state index in [0.29, 0.717) is 0 Å². The zero-order chi connectivity index (χ0) is 21.4. The van der Waals surface area contributed by atoms with Crippen LogP contribution >= 0.6 is 0 Å². The maximum Gasteiger partial charge on any atom is 0.119 e. The van der Waals surface area contributed by atoms with Crippen LogP contribution in [0.15, 0.2) is 48.6 Å². The van der Waals surface area contributed by atoms with Gasteiger partial charge in [0.2, 0.25) is 0 Å². The van der Waals surface area contributed by atoms with Crippen molar-refractivity contribution in [2.24, 2.45) is 53.3 Å². The van der Waals surface area contributed by atoms with Gasteiger partial charge in [0.15, 0.2) is 0 Å². The number of allylic oxidation sites excluding steroid dienone is 2. The van der Waals surface area contributed by atoms with Gasteiger partial charge in [0.25, 0.3) is 0 Å². The van der Waals surface area contributed by atoms with E-state index in [1.54, 1.807) is 14.2 Å². The first-order valence-electron chi connectivity index (χ1n) is 12.7. The third-order valence-electron chi connectivity index (χ3n) is 11.2. The first kappa shape index (κ1) is 18.2. The van der Waals surface area contributed by atoms with Gasteiger partial charge in [-0.25, -0.2) is 0 Å². The molecule has 8 unspecified atom stereocenters. The number of hydrogen-bond donors (Lipinski definition) is 0. The van der Waals surface area contributed by atoms with E-state index in [2.05, 4.69) is 55.5 Å². The molecule has 6 aliphatic carbocycles. The Morgan fingerprint density at radius 1 is 0.719 bits per heavy atom. The van der Waals surface area contributed by atoms with Gasteiger partial charge in [-0.1, -0.05) is 31.2 Å². The molecule has 4 bridgehead atoms. The smallest absolute Gasteiger partial charge is 0.119 e. The molecule has 32 heavy (non-hydrogen) atoms. The first-order valence-corrected chi connectivity index (χ1v) is 12.7. The van der Waals surface area contributed by atoms with E-state index in [1.165, 1.54) is 41.5 Å². The van der Waals surface area contributed by atoms with E-state index < -0.39 is 0 Å². The van der Waals surface area contributed by atoms with Crippen molar-refractivity contribution in [2.45, 2.75) is 31.6 Å². The van der Waals surface area contributed by atoms with Crippen LogP contribution in [0.5, 0.6) is 11.5 Å². The molecule has 8 atom stereocenters. The lowest BCUT2D eigenvalue weighted by Gasteiger charge is -2.39. The zero-order valence-electron chi connectivity index (χ0n) is 19.3. The average molecular weight is 425 g/mol. The SMILES string of the molecule is COc1ccc2c(c1)C1(CC3C(C1)C1CC3C3C4C=CC(C4C)C13)c1cc(OC)ccc1-2. The number of methoxy groups -OCH3 is 2. The van der Waals surface area contributed by atoms with Crippen molar-refractivity contribution in [3.05, 3.63) is 59.7 Å². The third kappa shape index (κ3) is 1.89. The molecule has 2 aromatic rings. The molecule has 0 aliphatic heterocycles. The molecule has 4 saturated carbocycles. The minimum Gasteiger partial charge on any atom is -0.497 e. The summed E-state index contributed by atoms with van der Waals surface area (Å²) in [6, 6.07) is 13.6. The van der Waals surface area contributed by atoms with Crippen LogP contribution in [-0.2, 0) is 5.41 Å². The van der Waals surface area contributed by atoms with Crippen LogP contribution in [0.2, 0.25) is 0 Å². The molecule has 0 saturated heterocycles. The third-order valence-corrected chi connectivity index (χ3v) is 11.2. The fraction of sp³-hybridized carbons (Fsp3) is 0.533. The zero-order valence-corrected chi connectivity index (χ0v) is 19.3. The lowest BCUT2D eigenvalue weighted by molar-refractivity contribution is 0.108. The fourth-order valence-corrected chi connectivity index (χ4v) is 10.3. The highest BCUT2D eigenvalue weighted by Crippen LogP contribution is 2.76. The summed E-state index contributed by atoms with van der Waals surface area (Å²) in [4.78, 5) is 0. The van der Waals surface area contributed by atoms with Gasteiger partial charge in [-0.15, -0.1) is 0 Å². The van der Waals surface area contributed by atoms with Crippen LogP contribution in [0.4, 0.5) is 0 Å². The Hall–Kier alpha value is -2.22. The minimum absolute atomic E-state index is 0.136. The maximum atomic E-state index is 5.71. The molecule has 0 aromatic heterocycles. The summed E-state index contributed by atoms with van der Waals surface area (Å²) < 4.78 is 11.4. The largest absolute Gasteiger partial charge is 0.497 e. The molecule has 1 spiro atoms. The number of benzene rings is 2. The summed E-state index contributed by atoms with van der Waals surface area (Å²) in [5.74, 6) is 10.2. The van der Waals surface area contributed by atoms with E-state index in [1.807, 2.05) is 0 Å². The number of fused-ring (bicyclic) bond motifs is 17. The monoisotopic (exact) mass is 424 g/mol. The Labute approximate surface area is 191 Å². The van der Waals surface area contributed by atoms with Crippen molar-refractivity contribution in [1.29, 1.82) is 0 Å². The summed E-state index contributed by atoms with van der Waals surface area (Å²) >= 11 is 0. The lowest BCUT2D eigenvalue weighted by Crippen LogP contribution is -2.34. The molecule has 0 amide bonds. The second-order valence-corrected chi connectivity index (χ2v) is 11.8. The average Bonchev–Trinajstić information content (AvgIpc) is 3.64. The molecule has 2 aromatic carbocycles. The van der Waals surface area contributed by atoms with Gasteiger partial charge in [0.1, 0.15) is 11.5 Å². The van der Waals surface area contributed by atoms with Crippen molar-refractivity contribution in [3.63, 3.8) is 0 Å². The second kappa shape index (κ2) is 5.82. The number of hydrogen-bond acceptors (Lipinski definition) is 2. The number of ether oxygens (including phenoxy) is 2. The Morgan fingerprint density at radius 3 is 1.69 bits per heavy atom. The molecule has 8 rings (SSSR count). The van der Waals surface area contributed by atoms with Crippen LogP contribution in [0.3, 0.4) is 0 Å². The Balaban J connectivity index is 1.27. The van der Waals surface area contributed by atoms with Gasteiger partial charge in [-0.3, -0.25) is 0 Å². The van der Waals surface area contributed by atoms with Crippen LogP contribution < -0.4 is 9.47 Å². The molecule has 0 radical (unpaired) electrons. The van der Waals surface area contributed by atoms with E-state index in [-0.39, 0.29) is 5.41 Å². The highest BCUT2D eigenvalue weighted by atomic mass is 16.5. The summed E-state index contributed by atoms with van der Waals surface area (Å²) in [5, 5.41) is 0. The topological polar surface area (TPSA) is 18.5 Å². The van der Waals surface area contributed by atoms with Crippen molar-refractivity contribution in [3.8, 4) is 22.6 Å². The molecule has 2 heteroatoms. The molecule has 164 valence electrons. The Bertz CT molecular complexity index is 1090. The van der Waals surface area contributed by atoms with Crippen LogP contribution in [0.1, 0.15) is 37.3 Å². The first-order chi connectivity index (χ1) is 15.6. The van der Waals surface area contributed by atoms with Gasteiger partial charge in [-0.05, 0) is 119 Å². The maximum absolute atomic E-state index is 5.71. The van der Waals surface area contributed by atoms with Crippen LogP contribution in [0.25, 0.3) is 11.1 Å². The summed E-state index contributed by atoms with van der Waals surface area (Å²) in [7, 11) is 3.60. The highest BCUT2D eigenvalue weighted by molar-refractivity contribution is 5.82. The van der Waals surface area contributed by atoms with E-state index in [9.17, 15) is 0 Å². The standard InChI is InChI=1S/C30H32O2/c1-15-18-8-9-19(15)29-23-12-22(28(18)29)24-13-30(14-25(23)24)26-10-16(31-2)4-6-20(26)21-7-5-17(32-3)11-27(21)30/h4-11,15,18-19,22-25,28-29H,12-14H2,1-3H3. The van der Waals surface area contributed by atoms with Crippen LogP contribution in [-0.4, -0.2) is 14.2 Å². The number of rotatable bonds is 2. The van der Waals surface area contributed by atoms with Gasteiger partial charge in [0.05, 0.1) is 14.2 Å². The van der Waals surface area contributed by atoms with Crippen LogP contribution in [0, 0.1) is 53.3 Å². The lowest BCUT2D eigenvalue weighted by atomic mass is 9.66. The van der Waals surface area contributed by atoms with E-state index >= 15 is 0 Å². The van der Waals surface area contributed by atoms with Gasteiger partial charge < -0.3 is 9.47 Å². The summed E-state index contributed by atoms with van der Waals surface area (Å²) in [5.41, 5.74) is 6.02. The molecule has 4 fully saturated rings. The second-order valence-electron chi connectivity index (χ2n) is 11.8. The molecular formula is C30H32O2. The van der Waals surface area contributed by atoms with Crippen molar-refractivity contribution >= 4 is 0 Å². The van der Waals surface area contributed by atoms with Crippen molar-refractivity contribution in [2.75, 3.05) is 14.2 Å². The predicted octanol–water partition coefficient (Wildman–Crippen LogP) is 6.33. The molecule has 6 aliphatic rings. The predicted molar refractivity (Wildman–Crippen MR) is 126 cm³/mol. The minimum atomic E-state index is 0.136. The van der Waals surface area contributed by atoms with Gasteiger partial charge in [0, 0.05) is 5.41 Å². The molecular weight excluding hydrogens is 392 g/mol.